The monoisotopic (exact) mass is 270 g/mol. The first kappa shape index (κ1) is 18.4. The third-order valence-corrected chi connectivity index (χ3v) is 3.56. The minimum absolute atomic E-state index is 0.307. The summed E-state index contributed by atoms with van der Waals surface area (Å²) in [6.45, 7) is 13.4. The normalized spacial score (nSPS) is 13.1. The molecular weight excluding hydrogens is 236 g/mol. The van der Waals surface area contributed by atoms with Crippen LogP contribution in [0.15, 0.2) is 0 Å². The Morgan fingerprint density at radius 2 is 1.42 bits per heavy atom. The van der Waals surface area contributed by atoms with Crippen molar-refractivity contribution in [3.8, 4) is 0 Å². The van der Waals surface area contributed by atoms with Crippen molar-refractivity contribution in [1.29, 1.82) is 0 Å². The molecule has 0 heterocycles. The van der Waals surface area contributed by atoms with Crippen LogP contribution in [0.5, 0.6) is 0 Å². The number of rotatable bonds is 10. The van der Waals surface area contributed by atoms with Gasteiger partial charge < -0.3 is 10.6 Å². The van der Waals surface area contributed by atoms with Gasteiger partial charge in [-0.2, -0.15) is 0 Å². The minimum Gasteiger partial charge on any atom is -0.343 e. The van der Waals surface area contributed by atoms with Gasteiger partial charge in [0.25, 0.3) is 0 Å². The maximum absolute atomic E-state index is 12.3. The van der Waals surface area contributed by atoms with Gasteiger partial charge in [0.2, 0.25) is 5.91 Å². The quantitative estimate of drug-likeness (QED) is 0.662. The van der Waals surface area contributed by atoms with E-state index in [1.54, 1.807) is 0 Å². The van der Waals surface area contributed by atoms with Crippen molar-refractivity contribution >= 4 is 5.91 Å². The van der Waals surface area contributed by atoms with Crippen LogP contribution in [-0.4, -0.2) is 30.4 Å². The molecule has 1 amide bonds. The second-order valence-corrected chi connectivity index (χ2v) is 6.63. The lowest BCUT2D eigenvalue weighted by Gasteiger charge is -2.25. The molecule has 1 unspecified atom stereocenters. The zero-order valence-corrected chi connectivity index (χ0v) is 13.6. The summed E-state index contributed by atoms with van der Waals surface area (Å²) in [5, 5.41) is 0. The Morgan fingerprint density at radius 1 is 0.947 bits per heavy atom. The predicted octanol–water partition coefficient (Wildman–Crippen LogP) is 3.28. The highest BCUT2D eigenvalue weighted by Gasteiger charge is 2.15. The first-order valence-corrected chi connectivity index (χ1v) is 7.84. The molecule has 0 saturated carbocycles. The van der Waals surface area contributed by atoms with Crippen molar-refractivity contribution in [3.63, 3.8) is 0 Å². The number of carbonyl (C=O) groups is 1. The zero-order chi connectivity index (χ0) is 14.8. The number of carbonyl (C=O) groups excluding carboxylic acids is 1. The van der Waals surface area contributed by atoms with Crippen LogP contribution in [0.1, 0.15) is 60.3 Å². The molecule has 0 aromatic carbocycles. The molecule has 0 bridgehead atoms. The molecule has 0 aliphatic heterocycles. The number of nitrogens with two attached hydrogens (primary N) is 1. The Kier molecular flexibility index (Phi) is 9.94. The molecular formula is C16H34N2O. The SMILES string of the molecule is CC(C)CCN(CCC(C)C)C(=O)CCC(C)CN. The molecule has 3 nitrogen and oxygen atoms in total. The van der Waals surface area contributed by atoms with Gasteiger partial charge in [0, 0.05) is 19.5 Å². The van der Waals surface area contributed by atoms with Gasteiger partial charge in [-0.25, -0.2) is 0 Å². The summed E-state index contributed by atoms with van der Waals surface area (Å²) >= 11 is 0. The van der Waals surface area contributed by atoms with E-state index in [0.717, 1.165) is 32.4 Å². The average molecular weight is 270 g/mol. The van der Waals surface area contributed by atoms with Gasteiger partial charge in [-0.15, -0.1) is 0 Å². The first-order chi connectivity index (χ1) is 8.86. The van der Waals surface area contributed by atoms with E-state index in [4.69, 9.17) is 5.73 Å². The van der Waals surface area contributed by atoms with E-state index in [1.165, 1.54) is 0 Å². The molecule has 2 N–H and O–H groups in total. The average Bonchev–Trinajstić information content (AvgIpc) is 2.34. The molecule has 0 aliphatic carbocycles. The van der Waals surface area contributed by atoms with E-state index in [9.17, 15) is 4.79 Å². The summed E-state index contributed by atoms with van der Waals surface area (Å²) in [6.07, 6.45) is 3.75. The lowest BCUT2D eigenvalue weighted by Crippen LogP contribution is -2.34. The minimum atomic E-state index is 0.307. The van der Waals surface area contributed by atoms with E-state index in [-0.39, 0.29) is 0 Å². The van der Waals surface area contributed by atoms with Crippen molar-refractivity contribution in [2.75, 3.05) is 19.6 Å². The number of hydrogen-bond acceptors (Lipinski definition) is 2. The van der Waals surface area contributed by atoms with Crippen LogP contribution in [0.4, 0.5) is 0 Å². The van der Waals surface area contributed by atoms with E-state index in [1.807, 2.05) is 0 Å². The maximum Gasteiger partial charge on any atom is 0.222 e. The lowest BCUT2D eigenvalue weighted by molar-refractivity contribution is -0.131. The molecule has 0 radical (unpaired) electrons. The zero-order valence-electron chi connectivity index (χ0n) is 13.6. The highest BCUT2D eigenvalue weighted by molar-refractivity contribution is 5.76. The number of hydrogen-bond donors (Lipinski definition) is 1. The molecule has 114 valence electrons. The molecule has 19 heavy (non-hydrogen) atoms. The third kappa shape index (κ3) is 9.94. The van der Waals surface area contributed by atoms with E-state index >= 15 is 0 Å². The fourth-order valence-electron chi connectivity index (χ4n) is 1.84. The van der Waals surface area contributed by atoms with Gasteiger partial charge >= 0.3 is 0 Å². The van der Waals surface area contributed by atoms with Gasteiger partial charge in [0.05, 0.1) is 0 Å². The van der Waals surface area contributed by atoms with Crippen LogP contribution in [0.3, 0.4) is 0 Å². The molecule has 0 fully saturated rings. The summed E-state index contributed by atoms with van der Waals surface area (Å²) in [5.74, 6) is 2.05. The molecule has 3 heteroatoms. The topological polar surface area (TPSA) is 46.3 Å². The van der Waals surface area contributed by atoms with Gasteiger partial charge in [-0.05, 0) is 43.6 Å². The van der Waals surface area contributed by atoms with Gasteiger partial charge in [0.1, 0.15) is 0 Å². The molecule has 0 rings (SSSR count). The Hall–Kier alpha value is -0.570. The summed E-state index contributed by atoms with van der Waals surface area (Å²) in [7, 11) is 0. The van der Waals surface area contributed by atoms with Crippen LogP contribution in [-0.2, 0) is 4.79 Å². The number of amides is 1. The van der Waals surface area contributed by atoms with Crippen molar-refractivity contribution < 1.29 is 4.79 Å². The van der Waals surface area contributed by atoms with Crippen molar-refractivity contribution in [1.82, 2.24) is 4.90 Å². The Balaban J connectivity index is 4.23. The van der Waals surface area contributed by atoms with Crippen LogP contribution in [0.2, 0.25) is 0 Å². The fourth-order valence-corrected chi connectivity index (χ4v) is 1.84. The molecule has 0 spiro atoms. The van der Waals surface area contributed by atoms with Crippen LogP contribution in [0.25, 0.3) is 0 Å². The van der Waals surface area contributed by atoms with E-state index in [2.05, 4.69) is 39.5 Å². The summed E-state index contributed by atoms with van der Waals surface area (Å²) in [6, 6.07) is 0. The van der Waals surface area contributed by atoms with Crippen LogP contribution < -0.4 is 5.73 Å². The first-order valence-electron chi connectivity index (χ1n) is 7.84. The van der Waals surface area contributed by atoms with Crippen LogP contribution in [0, 0.1) is 17.8 Å². The largest absolute Gasteiger partial charge is 0.343 e. The number of nitrogens with zero attached hydrogens (tertiary/aromatic N) is 1. The van der Waals surface area contributed by atoms with Gasteiger partial charge in [0.15, 0.2) is 0 Å². The molecule has 0 aromatic heterocycles. The Bertz CT molecular complexity index is 227. The van der Waals surface area contributed by atoms with Gasteiger partial charge in [-0.3, -0.25) is 4.79 Å². The fraction of sp³-hybridized carbons (Fsp3) is 0.938. The lowest BCUT2D eigenvalue weighted by atomic mass is 10.0. The Morgan fingerprint density at radius 3 is 1.79 bits per heavy atom. The predicted molar refractivity (Wildman–Crippen MR) is 82.9 cm³/mol. The van der Waals surface area contributed by atoms with E-state index < -0.39 is 0 Å². The highest BCUT2D eigenvalue weighted by Crippen LogP contribution is 2.11. The third-order valence-electron chi connectivity index (χ3n) is 3.56. The Labute approximate surface area is 119 Å². The van der Waals surface area contributed by atoms with Gasteiger partial charge in [-0.1, -0.05) is 34.6 Å². The van der Waals surface area contributed by atoms with Crippen LogP contribution >= 0.6 is 0 Å². The van der Waals surface area contributed by atoms with Crippen molar-refractivity contribution in [2.24, 2.45) is 23.5 Å². The molecule has 1 atom stereocenters. The van der Waals surface area contributed by atoms with E-state index in [0.29, 0.717) is 36.6 Å². The molecule has 0 aliphatic rings. The standard InChI is InChI=1S/C16H34N2O/c1-13(2)8-10-18(11-9-14(3)4)16(19)7-6-15(5)12-17/h13-15H,6-12,17H2,1-5H3. The summed E-state index contributed by atoms with van der Waals surface area (Å²) in [4.78, 5) is 14.3. The summed E-state index contributed by atoms with van der Waals surface area (Å²) in [5.41, 5.74) is 5.61. The van der Waals surface area contributed by atoms with Crippen molar-refractivity contribution in [3.05, 3.63) is 0 Å². The second kappa shape index (κ2) is 10.2. The highest BCUT2D eigenvalue weighted by atomic mass is 16.2. The molecule has 0 saturated heterocycles. The second-order valence-electron chi connectivity index (χ2n) is 6.63. The summed E-state index contributed by atoms with van der Waals surface area (Å²) < 4.78 is 0. The molecule has 0 aromatic rings. The smallest absolute Gasteiger partial charge is 0.222 e. The maximum atomic E-state index is 12.3. The van der Waals surface area contributed by atoms with Crippen molar-refractivity contribution in [2.45, 2.75) is 60.3 Å².